The van der Waals surface area contributed by atoms with E-state index in [1.54, 1.807) is 0 Å². The molecule has 1 saturated carbocycles. The maximum Gasteiger partial charge on any atom is 0.410 e. The van der Waals surface area contributed by atoms with Crippen LogP contribution >= 0.6 is 0 Å². The van der Waals surface area contributed by atoms with Crippen LogP contribution in [-0.4, -0.2) is 41.8 Å². The van der Waals surface area contributed by atoms with Crippen LogP contribution in [0.1, 0.15) is 74.1 Å². The second kappa shape index (κ2) is 8.91. The van der Waals surface area contributed by atoms with E-state index in [0.29, 0.717) is 12.6 Å². The molecular formula is C19H38N2O2. The lowest BCUT2D eigenvalue weighted by Crippen LogP contribution is -2.46. The first kappa shape index (κ1) is 20.3. The van der Waals surface area contributed by atoms with Gasteiger partial charge in [-0.1, -0.05) is 13.8 Å². The van der Waals surface area contributed by atoms with Gasteiger partial charge in [-0.25, -0.2) is 4.79 Å². The highest BCUT2D eigenvalue weighted by Crippen LogP contribution is 2.29. The van der Waals surface area contributed by atoms with E-state index < -0.39 is 5.60 Å². The highest BCUT2D eigenvalue weighted by Gasteiger charge is 2.25. The Morgan fingerprint density at radius 2 is 1.70 bits per heavy atom. The summed E-state index contributed by atoms with van der Waals surface area (Å²) in [5.41, 5.74) is -0.438. The highest BCUT2D eigenvalue weighted by atomic mass is 16.6. The van der Waals surface area contributed by atoms with Gasteiger partial charge in [0.05, 0.1) is 0 Å². The van der Waals surface area contributed by atoms with Gasteiger partial charge in [0.2, 0.25) is 0 Å². The monoisotopic (exact) mass is 326 g/mol. The fourth-order valence-corrected chi connectivity index (χ4v) is 3.26. The Bertz CT molecular complexity index is 353. The topological polar surface area (TPSA) is 41.6 Å². The first-order valence-electron chi connectivity index (χ1n) is 9.33. The predicted molar refractivity (Wildman–Crippen MR) is 96.7 cm³/mol. The minimum absolute atomic E-state index is 0.156. The van der Waals surface area contributed by atoms with E-state index in [1.165, 1.54) is 25.7 Å². The van der Waals surface area contributed by atoms with Gasteiger partial charge in [-0.3, -0.25) is 0 Å². The molecule has 23 heavy (non-hydrogen) atoms. The van der Waals surface area contributed by atoms with Crippen molar-refractivity contribution in [2.45, 2.75) is 91.8 Å². The van der Waals surface area contributed by atoms with E-state index in [9.17, 15) is 4.79 Å². The summed E-state index contributed by atoms with van der Waals surface area (Å²) >= 11 is 0. The summed E-state index contributed by atoms with van der Waals surface area (Å²) in [7, 11) is 0. The molecule has 1 fully saturated rings. The maximum atomic E-state index is 12.3. The SMILES string of the molecule is CC(C)C1CCC(NCCN(C(=O)OC(C)(C)C)C(C)C)CC1. The average Bonchev–Trinajstić information content (AvgIpc) is 2.41. The average molecular weight is 327 g/mol. The third-order valence-electron chi connectivity index (χ3n) is 4.75. The van der Waals surface area contributed by atoms with Gasteiger partial charge in [0.15, 0.2) is 0 Å². The normalized spacial score (nSPS) is 22.5. The number of hydrogen-bond acceptors (Lipinski definition) is 3. The molecule has 0 aromatic rings. The van der Waals surface area contributed by atoms with Crippen molar-refractivity contribution in [3.63, 3.8) is 0 Å². The number of hydrogen-bond donors (Lipinski definition) is 1. The molecule has 1 aliphatic rings. The molecule has 0 spiro atoms. The second-order valence-electron chi connectivity index (χ2n) is 8.58. The van der Waals surface area contributed by atoms with Crippen LogP contribution in [0.25, 0.3) is 0 Å². The third-order valence-corrected chi connectivity index (χ3v) is 4.75. The van der Waals surface area contributed by atoms with Crippen molar-refractivity contribution in [1.82, 2.24) is 10.2 Å². The largest absolute Gasteiger partial charge is 0.444 e. The predicted octanol–water partition coefficient (Wildman–Crippen LogP) is 4.44. The summed E-state index contributed by atoms with van der Waals surface area (Å²) in [6, 6.07) is 0.765. The van der Waals surface area contributed by atoms with Crippen molar-refractivity contribution < 1.29 is 9.53 Å². The Labute approximate surface area is 143 Å². The lowest BCUT2D eigenvalue weighted by atomic mass is 9.80. The van der Waals surface area contributed by atoms with Gasteiger partial charge < -0.3 is 15.0 Å². The van der Waals surface area contributed by atoms with Gasteiger partial charge in [0.1, 0.15) is 5.60 Å². The molecular weight excluding hydrogens is 288 g/mol. The van der Waals surface area contributed by atoms with Gasteiger partial charge in [-0.05, 0) is 72.1 Å². The molecule has 136 valence electrons. The lowest BCUT2D eigenvalue weighted by Gasteiger charge is -2.33. The van der Waals surface area contributed by atoms with Crippen molar-refractivity contribution in [3.05, 3.63) is 0 Å². The van der Waals surface area contributed by atoms with Gasteiger partial charge in [-0.15, -0.1) is 0 Å². The Kier molecular flexibility index (Phi) is 7.85. The molecule has 0 saturated heterocycles. The number of ether oxygens (including phenoxy) is 1. The Balaban J connectivity index is 2.35. The van der Waals surface area contributed by atoms with E-state index in [0.717, 1.165) is 18.4 Å². The molecule has 0 aliphatic heterocycles. The van der Waals surface area contributed by atoms with Crippen molar-refractivity contribution in [2.75, 3.05) is 13.1 Å². The zero-order valence-corrected chi connectivity index (χ0v) is 16.3. The smallest absolute Gasteiger partial charge is 0.410 e. The fraction of sp³-hybridized carbons (Fsp3) is 0.947. The molecule has 0 heterocycles. The summed E-state index contributed by atoms with van der Waals surface area (Å²) < 4.78 is 5.50. The molecule has 0 radical (unpaired) electrons. The molecule has 0 atom stereocenters. The molecule has 0 aromatic carbocycles. The van der Waals surface area contributed by atoms with Crippen molar-refractivity contribution in [2.24, 2.45) is 11.8 Å². The van der Waals surface area contributed by atoms with Gasteiger partial charge in [0, 0.05) is 25.2 Å². The van der Waals surface area contributed by atoms with Crippen LogP contribution in [0.4, 0.5) is 4.79 Å². The van der Waals surface area contributed by atoms with Crippen LogP contribution in [0.2, 0.25) is 0 Å². The quantitative estimate of drug-likeness (QED) is 0.785. The Morgan fingerprint density at radius 1 is 1.13 bits per heavy atom. The fourth-order valence-electron chi connectivity index (χ4n) is 3.26. The molecule has 4 nitrogen and oxygen atoms in total. The molecule has 1 aliphatic carbocycles. The van der Waals surface area contributed by atoms with E-state index in [1.807, 2.05) is 39.5 Å². The maximum absolute atomic E-state index is 12.3. The Morgan fingerprint density at radius 3 is 2.13 bits per heavy atom. The third kappa shape index (κ3) is 7.56. The van der Waals surface area contributed by atoms with Crippen molar-refractivity contribution in [1.29, 1.82) is 0 Å². The summed E-state index contributed by atoms with van der Waals surface area (Å²) in [5.74, 6) is 1.70. The van der Waals surface area contributed by atoms with Gasteiger partial charge in [-0.2, -0.15) is 0 Å². The molecule has 0 bridgehead atoms. The van der Waals surface area contributed by atoms with Crippen molar-refractivity contribution >= 4 is 6.09 Å². The molecule has 4 heteroatoms. The zero-order valence-electron chi connectivity index (χ0n) is 16.3. The number of rotatable bonds is 6. The van der Waals surface area contributed by atoms with Crippen LogP contribution in [0.15, 0.2) is 0 Å². The zero-order chi connectivity index (χ0) is 17.6. The molecule has 1 N–H and O–H groups in total. The minimum atomic E-state index is -0.438. The van der Waals surface area contributed by atoms with Gasteiger partial charge in [0.25, 0.3) is 0 Å². The lowest BCUT2D eigenvalue weighted by molar-refractivity contribution is 0.0191. The molecule has 0 aromatic heterocycles. The highest BCUT2D eigenvalue weighted by molar-refractivity contribution is 5.68. The van der Waals surface area contributed by atoms with Gasteiger partial charge >= 0.3 is 6.09 Å². The summed E-state index contributed by atoms with van der Waals surface area (Å²) in [5, 5.41) is 3.63. The molecule has 0 unspecified atom stereocenters. The summed E-state index contributed by atoms with van der Waals surface area (Å²) in [6.07, 6.45) is 4.97. The number of amides is 1. The minimum Gasteiger partial charge on any atom is -0.444 e. The van der Waals surface area contributed by atoms with Crippen LogP contribution < -0.4 is 5.32 Å². The van der Waals surface area contributed by atoms with Crippen LogP contribution in [0.5, 0.6) is 0 Å². The first-order chi connectivity index (χ1) is 10.6. The molecule has 1 rings (SSSR count). The van der Waals surface area contributed by atoms with Crippen LogP contribution in [0, 0.1) is 11.8 Å². The van der Waals surface area contributed by atoms with Crippen LogP contribution in [-0.2, 0) is 4.74 Å². The summed E-state index contributed by atoms with van der Waals surface area (Å²) in [4.78, 5) is 14.1. The summed E-state index contributed by atoms with van der Waals surface area (Å²) in [6.45, 7) is 16.0. The van der Waals surface area contributed by atoms with E-state index >= 15 is 0 Å². The first-order valence-corrected chi connectivity index (χ1v) is 9.33. The molecule has 1 amide bonds. The van der Waals surface area contributed by atoms with Crippen LogP contribution in [0.3, 0.4) is 0 Å². The Hall–Kier alpha value is -0.770. The number of nitrogens with zero attached hydrogens (tertiary/aromatic N) is 1. The number of carbonyl (C=O) groups excluding carboxylic acids is 1. The van der Waals surface area contributed by atoms with E-state index in [2.05, 4.69) is 19.2 Å². The van der Waals surface area contributed by atoms with E-state index in [4.69, 9.17) is 4.74 Å². The van der Waals surface area contributed by atoms with Crippen molar-refractivity contribution in [3.8, 4) is 0 Å². The number of nitrogens with one attached hydrogen (secondary N) is 1. The van der Waals surface area contributed by atoms with E-state index in [-0.39, 0.29) is 12.1 Å². The standard InChI is InChI=1S/C19H38N2O2/c1-14(2)16-8-10-17(11-9-16)20-12-13-21(15(3)4)18(22)23-19(5,6)7/h14-17,20H,8-13H2,1-7H3. The second-order valence-corrected chi connectivity index (χ2v) is 8.58. The number of carbonyl (C=O) groups is 1.